The summed E-state index contributed by atoms with van der Waals surface area (Å²) in [5, 5.41) is 2.23. The summed E-state index contributed by atoms with van der Waals surface area (Å²) >= 11 is 0. The van der Waals surface area contributed by atoms with E-state index in [0.29, 0.717) is 12.6 Å². The van der Waals surface area contributed by atoms with Gasteiger partial charge in [-0.3, -0.25) is 4.79 Å². The summed E-state index contributed by atoms with van der Waals surface area (Å²) in [7, 11) is 4.41. The van der Waals surface area contributed by atoms with Crippen LogP contribution in [0.3, 0.4) is 0 Å². The van der Waals surface area contributed by atoms with Crippen LogP contribution in [0.15, 0.2) is 42.5 Å². The molecule has 2 nitrogen and oxygen atoms in total. The van der Waals surface area contributed by atoms with Crippen LogP contribution in [0.2, 0.25) is 0 Å². The van der Waals surface area contributed by atoms with Gasteiger partial charge in [0.25, 0.3) is 0 Å². The van der Waals surface area contributed by atoms with Crippen molar-refractivity contribution in [3.63, 3.8) is 0 Å². The predicted molar refractivity (Wildman–Crippen MR) is 87.5 cm³/mol. The summed E-state index contributed by atoms with van der Waals surface area (Å²) < 4.78 is 0.821. The Morgan fingerprint density at radius 3 is 2.48 bits per heavy atom. The van der Waals surface area contributed by atoms with Crippen molar-refractivity contribution in [3.05, 3.63) is 48.0 Å². The summed E-state index contributed by atoms with van der Waals surface area (Å²) in [6.07, 6.45) is 5.15. The van der Waals surface area contributed by atoms with E-state index in [0.717, 1.165) is 20.8 Å². The number of likely N-dealkylation sites (N-methyl/N-ethyl adjacent to an activating group) is 1. The molecule has 2 aromatic carbocycles. The minimum atomic E-state index is 0.267. The first kappa shape index (κ1) is 14.3. The molecule has 0 atom stereocenters. The molecule has 1 saturated carbocycles. The van der Waals surface area contributed by atoms with Gasteiger partial charge in [0, 0.05) is 5.56 Å². The van der Waals surface area contributed by atoms with Crippen LogP contribution < -0.4 is 0 Å². The SMILES string of the molecule is C[N+](C)(CC(=O)c1cccc2ccccc12)C1CCCC1. The van der Waals surface area contributed by atoms with Gasteiger partial charge in [0.1, 0.15) is 6.54 Å². The number of carbonyl (C=O) groups excluding carboxylic acids is 1. The van der Waals surface area contributed by atoms with Gasteiger partial charge in [-0.25, -0.2) is 0 Å². The summed E-state index contributed by atoms with van der Waals surface area (Å²) in [6.45, 7) is 0.596. The first-order chi connectivity index (χ1) is 10.1. The Morgan fingerprint density at radius 1 is 1.05 bits per heavy atom. The number of carbonyl (C=O) groups is 1. The number of rotatable bonds is 4. The number of hydrogen-bond donors (Lipinski definition) is 0. The Morgan fingerprint density at radius 2 is 1.71 bits per heavy atom. The maximum absolute atomic E-state index is 12.8. The number of Topliss-reactive ketones (excluding diaryl/α,β-unsaturated/α-hetero) is 1. The largest absolute Gasteiger partial charge is 0.320 e. The number of nitrogens with zero attached hydrogens (tertiary/aromatic N) is 1. The lowest BCUT2D eigenvalue weighted by atomic mass is 10.0. The maximum atomic E-state index is 12.8. The van der Waals surface area contributed by atoms with Crippen LogP contribution in [0, 0.1) is 0 Å². The number of ketones is 1. The van der Waals surface area contributed by atoms with Gasteiger partial charge in [-0.1, -0.05) is 42.5 Å². The van der Waals surface area contributed by atoms with Gasteiger partial charge in [0.2, 0.25) is 5.78 Å². The molecule has 3 rings (SSSR count). The number of hydrogen-bond acceptors (Lipinski definition) is 1. The third kappa shape index (κ3) is 2.86. The smallest absolute Gasteiger partial charge is 0.217 e. The van der Waals surface area contributed by atoms with E-state index in [1.54, 1.807) is 0 Å². The average Bonchev–Trinajstić information content (AvgIpc) is 3.01. The van der Waals surface area contributed by atoms with Crippen molar-refractivity contribution in [2.24, 2.45) is 0 Å². The van der Waals surface area contributed by atoms with Crippen molar-refractivity contribution in [1.82, 2.24) is 0 Å². The van der Waals surface area contributed by atoms with E-state index < -0.39 is 0 Å². The Balaban J connectivity index is 1.87. The lowest BCUT2D eigenvalue weighted by Crippen LogP contribution is -2.50. The molecular formula is C19H24NO+. The third-order valence-corrected chi connectivity index (χ3v) is 4.95. The Bertz CT molecular complexity index is 648. The molecule has 0 spiro atoms. The fraction of sp³-hybridized carbons (Fsp3) is 0.421. The van der Waals surface area contributed by atoms with Crippen molar-refractivity contribution in [2.75, 3.05) is 20.6 Å². The quantitative estimate of drug-likeness (QED) is 0.611. The fourth-order valence-corrected chi connectivity index (χ4v) is 3.66. The van der Waals surface area contributed by atoms with Crippen molar-refractivity contribution in [1.29, 1.82) is 0 Å². The molecule has 1 aliphatic carbocycles. The molecule has 0 radical (unpaired) electrons. The Hall–Kier alpha value is -1.67. The zero-order valence-electron chi connectivity index (χ0n) is 13.0. The number of benzene rings is 2. The van der Waals surface area contributed by atoms with E-state index in [9.17, 15) is 4.79 Å². The van der Waals surface area contributed by atoms with Gasteiger partial charge < -0.3 is 4.48 Å². The highest BCUT2D eigenvalue weighted by Gasteiger charge is 2.33. The van der Waals surface area contributed by atoms with Crippen molar-refractivity contribution < 1.29 is 9.28 Å². The number of quaternary nitrogens is 1. The Labute approximate surface area is 127 Å². The standard InChI is InChI=1S/C19H24NO/c1-20(2,16-10-4-5-11-16)14-19(21)18-13-7-9-15-8-3-6-12-17(15)18/h3,6-9,12-13,16H,4-5,10-11,14H2,1-2H3/q+1. The maximum Gasteiger partial charge on any atom is 0.217 e. The van der Waals surface area contributed by atoms with Crippen LogP contribution in [-0.2, 0) is 0 Å². The number of fused-ring (bicyclic) bond motifs is 1. The third-order valence-electron chi connectivity index (χ3n) is 4.95. The van der Waals surface area contributed by atoms with E-state index in [-0.39, 0.29) is 5.78 Å². The molecule has 0 aliphatic heterocycles. The molecule has 110 valence electrons. The lowest BCUT2D eigenvalue weighted by molar-refractivity contribution is -0.906. The summed E-state index contributed by atoms with van der Waals surface area (Å²) in [5.41, 5.74) is 0.872. The molecule has 1 aliphatic rings. The van der Waals surface area contributed by atoms with Crippen LogP contribution >= 0.6 is 0 Å². The molecule has 2 heteroatoms. The van der Waals surface area contributed by atoms with Gasteiger partial charge in [-0.15, -0.1) is 0 Å². The molecule has 0 N–H and O–H groups in total. The highest BCUT2D eigenvalue weighted by atomic mass is 16.1. The normalized spacial score (nSPS) is 16.5. The van der Waals surface area contributed by atoms with Gasteiger partial charge in [-0.2, -0.15) is 0 Å². The van der Waals surface area contributed by atoms with E-state index >= 15 is 0 Å². The molecule has 0 saturated heterocycles. The second-order valence-corrected chi connectivity index (χ2v) is 6.82. The van der Waals surface area contributed by atoms with E-state index in [2.05, 4.69) is 32.3 Å². The first-order valence-electron chi connectivity index (χ1n) is 7.91. The van der Waals surface area contributed by atoms with Crippen molar-refractivity contribution >= 4 is 16.6 Å². The lowest BCUT2D eigenvalue weighted by Gasteiger charge is -2.35. The summed E-state index contributed by atoms with van der Waals surface area (Å²) in [5.74, 6) is 0.267. The molecular weight excluding hydrogens is 258 g/mol. The molecule has 0 heterocycles. The first-order valence-corrected chi connectivity index (χ1v) is 7.91. The monoisotopic (exact) mass is 282 g/mol. The molecule has 0 aromatic heterocycles. The van der Waals surface area contributed by atoms with Gasteiger partial charge in [0.15, 0.2) is 0 Å². The molecule has 0 amide bonds. The highest BCUT2D eigenvalue weighted by Crippen LogP contribution is 2.27. The summed E-state index contributed by atoms with van der Waals surface area (Å²) in [6, 6.07) is 14.8. The minimum absolute atomic E-state index is 0.267. The van der Waals surface area contributed by atoms with Gasteiger partial charge in [0.05, 0.1) is 20.1 Å². The molecule has 0 bridgehead atoms. The second-order valence-electron chi connectivity index (χ2n) is 6.82. The predicted octanol–water partition coefficient (Wildman–Crippen LogP) is 4.04. The molecule has 0 unspecified atom stereocenters. The van der Waals surface area contributed by atoms with Crippen LogP contribution in [0.25, 0.3) is 10.8 Å². The van der Waals surface area contributed by atoms with Crippen LogP contribution in [-0.4, -0.2) is 36.9 Å². The van der Waals surface area contributed by atoms with Gasteiger partial charge in [-0.05, 0) is 36.5 Å². The molecule has 1 fully saturated rings. The topological polar surface area (TPSA) is 17.1 Å². The summed E-state index contributed by atoms with van der Waals surface area (Å²) in [4.78, 5) is 12.8. The average molecular weight is 282 g/mol. The minimum Gasteiger partial charge on any atom is -0.320 e. The Kier molecular flexibility index (Phi) is 3.81. The van der Waals surface area contributed by atoms with E-state index in [4.69, 9.17) is 0 Å². The fourth-order valence-electron chi connectivity index (χ4n) is 3.66. The van der Waals surface area contributed by atoms with E-state index in [1.165, 1.54) is 25.7 Å². The zero-order chi connectivity index (χ0) is 14.9. The van der Waals surface area contributed by atoms with Gasteiger partial charge >= 0.3 is 0 Å². The van der Waals surface area contributed by atoms with Crippen LogP contribution in [0.1, 0.15) is 36.0 Å². The van der Waals surface area contributed by atoms with Crippen LogP contribution in [0.5, 0.6) is 0 Å². The van der Waals surface area contributed by atoms with Crippen molar-refractivity contribution in [3.8, 4) is 0 Å². The van der Waals surface area contributed by atoms with Crippen LogP contribution in [0.4, 0.5) is 0 Å². The zero-order valence-corrected chi connectivity index (χ0v) is 13.0. The molecule has 21 heavy (non-hydrogen) atoms. The second kappa shape index (κ2) is 5.61. The highest BCUT2D eigenvalue weighted by molar-refractivity contribution is 6.08. The molecule has 2 aromatic rings. The van der Waals surface area contributed by atoms with E-state index in [1.807, 2.05) is 24.3 Å². The van der Waals surface area contributed by atoms with Crippen molar-refractivity contribution in [2.45, 2.75) is 31.7 Å².